The van der Waals surface area contributed by atoms with E-state index in [1.807, 2.05) is 0 Å². The van der Waals surface area contributed by atoms with Gasteiger partial charge in [-0.15, -0.1) is 0 Å². The smallest absolute Gasteiger partial charge is 0.348 e. The largest absolute Gasteiger partial charge is 0.459 e. The zero-order valence-electron chi connectivity index (χ0n) is 8.57. The number of hydrogen-bond donors (Lipinski definition) is 1. The van der Waals surface area contributed by atoms with Crippen LogP contribution in [0.4, 0.5) is 0 Å². The molecule has 0 atom stereocenters. The molecule has 0 rings (SSSR count). The Morgan fingerprint density at radius 3 is 2.80 bits per heavy atom. The topological polar surface area (TPSA) is 79.6 Å². The van der Waals surface area contributed by atoms with Crippen LogP contribution in [0, 0.1) is 11.3 Å². The monoisotopic (exact) mass is 229 g/mol. The van der Waals surface area contributed by atoms with Gasteiger partial charge in [-0.1, -0.05) is 6.58 Å². The van der Waals surface area contributed by atoms with E-state index in [1.54, 1.807) is 6.07 Å². The highest BCUT2D eigenvalue weighted by molar-refractivity contribution is 6.25. The van der Waals surface area contributed by atoms with Gasteiger partial charge in [0, 0.05) is 6.61 Å². The predicted octanol–water partition coefficient (Wildman–Crippen LogP) is -0.490. The predicted molar refractivity (Wildman–Crippen MR) is 56.7 cm³/mol. The molecule has 0 radical (unpaired) electrons. The van der Waals surface area contributed by atoms with Gasteiger partial charge < -0.3 is 14.3 Å². The number of ether oxygens (including phenoxy) is 2. The van der Waals surface area contributed by atoms with Gasteiger partial charge in [0.15, 0.2) is 9.76 Å². The van der Waals surface area contributed by atoms with Crippen LogP contribution in [0.5, 0.6) is 0 Å². The Bertz CT molecular complexity index is 249. The molecule has 15 heavy (non-hydrogen) atoms. The number of carbonyl (C=O) groups is 1. The average molecular weight is 229 g/mol. The minimum atomic E-state index is -0.865. The highest BCUT2D eigenvalue weighted by Gasteiger charge is 2.06. The van der Waals surface area contributed by atoms with Crippen molar-refractivity contribution in [1.29, 1.82) is 5.26 Å². The Hall–Kier alpha value is -1.16. The highest BCUT2D eigenvalue weighted by atomic mass is 28.2. The van der Waals surface area contributed by atoms with E-state index in [9.17, 15) is 4.79 Å². The van der Waals surface area contributed by atoms with Gasteiger partial charge in [0.25, 0.3) is 0 Å². The third-order valence-corrected chi connectivity index (χ3v) is 2.36. The van der Waals surface area contributed by atoms with Gasteiger partial charge in [0.05, 0.1) is 6.61 Å². The summed E-state index contributed by atoms with van der Waals surface area (Å²) in [6, 6.07) is 2.44. The summed E-state index contributed by atoms with van der Waals surface area (Å²) in [5.41, 5.74) is -0.207. The van der Waals surface area contributed by atoms with Crippen molar-refractivity contribution in [1.82, 2.24) is 0 Å². The fraction of sp³-hybridized carbons (Fsp3) is 0.556. The van der Waals surface area contributed by atoms with E-state index < -0.39 is 15.7 Å². The van der Waals surface area contributed by atoms with Gasteiger partial charge in [-0.05, 0) is 12.5 Å². The molecule has 84 valence electrons. The zero-order chi connectivity index (χ0) is 11.5. The Labute approximate surface area is 91.2 Å². The van der Waals surface area contributed by atoms with Crippen LogP contribution in [0.2, 0.25) is 6.04 Å². The number of carbonyl (C=O) groups excluding carboxylic acids is 1. The second kappa shape index (κ2) is 9.39. The van der Waals surface area contributed by atoms with Crippen LogP contribution in [0.1, 0.15) is 6.42 Å². The molecule has 0 aromatic heterocycles. The first-order valence-electron chi connectivity index (χ1n) is 4.67. The van der Waals surface area contributed by atoms with Crippen LogP contribution in [-0.4, -0.2) is 40.3 Å². The molecule has 6 heteroatoms. The molecule has 0 aromatic carbocycles. The number of nitrogens with zero attached hydrogens (tertiary/aromatic N) is 1. The van der Waals surface area contributed by atoms with Gasteiger partial charge >= 0.3 is 5.97 Å². The van der Waals surface area contributed by atoms with Gasteiger partial charge in [-0.25, -0.2) is 4.79 Å². The van der Waals surface area contributed by atoms with Crippen LogP contribution in [0.15, 0.2) is 12.2 Å². The standard InChI is InChI=1S/C9H15NO4Si/c1-8(7-10)9(11)14-5-4-13-3-2-6-15-12/h12H,1-6,15H2. The quantitative estimate of drug-likeness (QED) is 0.200. The Morgan fingerprint density at radius 1 is 1.47 bits per heavy atom. The molecular formula is C9H15NO4Si. The number of nitriles is 1. The molecule has 0 aliphatic heterocycles. The fourth-order valence-corrected chi connectivity index (χ4v) is 1.17. The summed E-state index contributed by atoms with van der Waals surface area (Å²) in [4.78, 5) is 19.5. The lowest BCUT2D eigenvalue weighted by molar-refractivity contribution is -0.140. The lowest BCUT2D eigenvalue weighted by Gasteiger charge is -2.04. The molecule has 0 aliphatic carbocycles. The Kier molecular flexibility index (Phi) is 8.67. The second-order valence-electron chi connectivity index (χ2n) is 2.77. The third kappa shape index (κ3) is 7.87. The van der Waals surface area contributed by atoms with Crippen molar-refractivity contribution in [3.8, 4) is 6.07 Å². The van der Waals surface area contributed by atoms with Crippen molar-refractivity contribution < 1.29 is 19.1 Å². The van der Waals surface area contributed by atoms with Crippen molar-refractivity contribution >= 4 is 15.7 Å². The summed E-state index contributed by atoms with van der Waals surface area (Å²) in [6.45, 7) is 4.20. The Morgan fingerprint density at radius 2 is 2.20 bits per heavy atom. The molecule has 5 nitrogen and oxygen atoms in total. The molecule has 1 N–H and O–H groups in total. The maximum Gasteiger partial charge on any atom is 0.348 e. The minimum Gasteiger partial charge on any atom is -0.459 e. The summed E-state index contributed by atoms with van der Waals surface area (Å²) in [5, 5.41) is 8.30. The first-order valence-corrected chi connectivity index (χ1v) is 6.30. The van der Waals surface area contributed by atoms with Gasteiger partial charge in [-0.3, -0.25) is 0 Å². The van der Waals surface area contributed by atoms with Gasteiger partial charge in [-0.2, -0.15) is 5.26 Å². The van der Waals surface area contributed by atoms with Gasteiger partial charge in [0.1, 0.15) is 18.2 Å². The number of rotatable bonds is 8. The first-order chi connectivity index (χ1) is 7.22. The van der Waals surface area contributed by atoms with E-state index >= 15 is 0 Å². The van der Waals surface area contributed by atoms with E-state index in [1.165, 1.54) is 0 Å². The van der Waals surface area contributed by atoms with E-state index in [4.69, 9.17) is 14.8 Å². The van der Waals surface area contributed by atoms with E-state index in [0.29, 0.717) is 13.2 Å². The molecule has 0 aliphatic rings. The zero-order valence-corrected chi connectivity index (χ0v) is 9.98. The number of hydrogen-bond acceptors (Lipinski definition) is 5. The molecule has 0 amide bonds. The highest BCUT2D eigenvalue weighted by Crippen LogP contribution is 1.93. The summed E-state index contributed by atoms with van der Waals surface area (Å²) in [6.07, 6.45) is 0.835. The molecule has 0 fully saturated rings. The summed E-state index contributed by atoms with van der Waals surface area (Å²) in [5.74, 6) is -0.705. The molecule has 0 bridgehead atoms. The fourth-order valence-electron chi connectivity index (χ4n) is 0.744. The molecule has 0 heterocycles. The van der Waals surface area contributed by atoms with E-state index in [0.717, 1.165) is 12.5 Å². The molecule has 0 aromatic rings. The SMILES string of the molecule is C=C(C#N)C(=O)OCCOCCC[SiH2]O. The van der Waals surface area contributed by atoms with Crippen LogP contribution in [-0.2, 0) is 14.3 Å². The van der Waals surface area contributed by atoms with Crippen LogP contribution in [0.25, 0.3) is 0 Å². The van der Waals surface area contributed by atoms with Crippen molar-refractivity contribution in [3.63, 3.8) is 0 Å². The average Bonchev–Trinajstić information content (AvgIpc) is 2.26. The maximum atomic E-state index is 10.9. The molecule has 0 unspecified atom stereocenters. The van der Waals surface area contributed by atoms with Crippen molar-refractivity contribution in [2.24, 2.45) is 0 Å². The van der Waals surface area contributed by atoms with Crippen LogP contribution in [0.3, 0.4) is 0 Å². The van der Waals surface area contributed by atoms with E-state index in [2.05, 4.69) is 11.3 Å². The minimum absolute atomic E-state index is 0.121. The summed E-state index contributed by atoms with van der Waals surface area (Å²) >= 11 is 0. The van der Waals surface area contributed by atoms with Gasteiger partial charge in [0.2, 0.25) is 0 Å². The van der Waals surface area contributed by atoms with E-state index in [-0.39, 0.29) is 12.2 Å². The second-order valence-corrected chi connectivity index (χ2v) is 3.92. The lowest BCUT2D eigenvalue weighted by Crippen LogP contribution is -2.12. The van der Waals surface area contributed by atoms with Crippen LogP contribution < -0.4 is 0 Å². The lowest BCUT2D eigenvalue weighted by atomic mass is 10.3. The van der Waals surface area contributed by atoms with Crippen molar-refractivity contribution in [3.05, 3.63) is 12.2 Å². The normalized spacial score (nSPS) is 10.1. The maximum absolute atomic E-state index is 10.9. The molecule has 0 spiro atoms. The van der Waals surface area contributed by atoms with Crippen LogP contribution >= 0.6 is 0 Å². The molecule has 0 saturated heterocycles. The summed E-state index contributed by atoms with van der Waals surface area (Å²) in [7, 11) is -0.865. The molecular weight excluding hydrogens is 214 g/mol. The first kappa shape index (κ1) is 13.8. The summed E-state index contributed by atoms with van der Waals surface area (Å²) < 4.78 is 9.80. The van der Waals surface area contributed by atoms with Crippen molar-refractivity contribution in [2.45, 2.75) is 12.5 Å². The number of esters is 1. The van der Waals surface area contributed by atoms with Crippen molar-refractivity contribution in [2.75, 3.05) is 19.8 Å². The molecule has 0 saturated carbocycles. The Balaban J connectivity index is 3.28. The third-order valence-electron chi connectivity index (χ3n) is 1.54.